The molecule has 0 radical (unpaired) electrons. The molecule has 0 aliphatic rings. The highest BCUT2D eigenvalue weighted by Crippen LogP contribution is 2.22. The van der Waals surface area contributed by atoms with Crippen LogP contribution in [0.15, 0.2) is 59.9 Å². The van der Waals surface area contributed by atoms with Crippen molar-refractivity contribution < 1.29 is 4.74 Å². The third kappa shape index (κ3) is 4.83. The zero-order chi connectivity index (χ0) is 19.2. The summed E-state index contributed by atoms with van der Waals surface area (Å²) < 4.78 is 5.86. The molecule has 0 bridgehead atoms. The smallest absolute Gasteiger partial charge is 0.258 e. The molecule has 0 unspecified atom stereocenters. The molecule has 1 aromatic heterocycles. The molecule has 0 fully saturated rings. The highest BCUT2D eigenvalue weighted by molar-refractivity contribution is 5.77. The molecule has 0 atom stereocenters. The lowest BCUT2D eigenvalue weighted by atomic mass is 10.1. The molecule has 0 aliphatic heterocycles. The number of H-pyrrole nitrogens is 1. The fraction of sp³-hybridized carbons (Fsp3) is 0.273. The van der Waals surface area contributed by atoms with Crippen LogP contribution in [0.1, 0.15) is 30.8 Å². The number of nitrogens with zero attached hydrogens (tertiary/aromatic N) is 1. The molecular formula is C22H25N3O2. The number of benzene rings is 2. The molecule has 140 valence electrons. The number of rotatable bonds is 8. The summed E-state index contributed by atoms with van der Waals surface area (Å²) in [6.07, 6.45) is 2.77. The van der Waals surface area contributed by atoms with Crippen LogP contribution in [0.2, 0.25) is 0 Å². The van der Waals surface area contributed by atoms with E-state index in [4.69, 9.17) is 4.74 Å². The predicted molar refractivity (Wildman–Crippen MR) is 109 cm³/mol. The van der Waals surface area contributed by atoms with Crippen molar-refractivity contribution in [1.29, 1.82) is 0 Å². The summed E-state index contributed by atoms with van der Waals surface area (Å²) in [6, 6.07) is 13.5. The van der Waals surface area contributed by atoms with Crippen molar-refractivity contribution in [2.24, 2.45) is 0 Å². The van der Waals surface area contributed by atoms with E-state index in [1.807, 2.05) is 50.3 Å². The topological polar surface area (TPSA) is 67.0 Å². The number of para-hydroxylation sites is 1. The Kier molecular flexibility index (Phi) is 6.04. The average molecular weight is 363 g/mol. The van der Waals surface area contributed by atoms with Gasteiger partial charge in [-0.15, -0.1) is 6.58 Å². The molecule has 0 spiro atoms. The average Bonchev–Trinajstić information content (AvgIpc) is 2.64. The Morgan fingerprint density at radius 1 is 1.22 bits per heavy atom. The van der Waals surface area contributed by atoms with E-state index in [1.165, 1.54) is 0 Å². The van der Waals surface area contributed by atoms with Crippen LogP contribution >= 0.6 is 0 Å². The molecule has 0 aliphatic carbocycles. The Labute approximate surface area is 159 Å². The minimum atomic E-state index is -0.110. The first-order valence-electron chi connectivity index (χ1n) is 9.15. The second-order valence-electron chi connectivity index (χ2n) is 6.73. The van der Waals surface area contributed by atoms with E-state index in [2.05, 4.69) is 27.9 Å². The van der Waals surface area contributed by atoms with Crippen molar-refractivity contribution in [3.8, 4) is 5.75 Å². The fourth-order valence-electron chi connectivity index (χ4n) is 2.97. The van der Waals surface area contributed by atoms with E-state index in [1.54, 1.807) is 6.07 Å². The van der Waals surface area contributed by atoms with Gasteiger partial charge in [-0.3, -0.25) is 4.79 Å². The van der Waals surface area contributed by atoms with Crippen LogP contribution in [0.25, 0.3) is 10.9 Å². The van der Waals surface area contributed by atoms with Crippen molar-refractivity contribution in [3.05, 3.63) is 82.4 Å². The third-order valence-corrected chi connectivity index (χ3v) is 4.14. The highest BCUT2D eigenvalue weighted by Gasteiger charge is 2.07. The summed E-state index contributed by atoms with van der Waals surface area (Å²) in [5, 5.41) is 3.95. The number of nitrogens with one attached hydrogen (secondary N) is 2. The van der Waals surface area contributed by atoms with Crippen molar-refractivity contribution >= 4 is 10.9 Å². The minimum absolute atomic E-state index is 0.110. The number of hydrogen-bond acceptors (Lipinski definition) is 4. The van der Waals surface area contributed by atoms with Gasteiger partial charge in [-0.2, -0.15) is 0 Å². The molecule has 0 amide bonds. The number of ether oxygens (including phenoxy) is 1. The van der Waals surface area contributed by atoms with E-state index >= 15 is 0 Å². The Hall–Kier alpha value is -2.92. The van der Waals surface area contributed by atoms with Crippen LogP contribution in [-0.2, 0) is 19.5 Å². The normalized spacial score (nSPS) is 11.1. The maximum atomic E-state index is 12.1. The first-order chi connectivity index (χ1) is 13.1. The van der Waals surface area contributed by atoms with Crippen LogP contribution in [0, 0.1) is 0 Å². The molecule has 2 aromatic carbocycles. The van der Waals surface area contributed by atoms with Gasteiger partial charge in [0.2, 0.25) is 0 Å². The molecule has 2 N–H and O–H groups in total. The second kappa shape index (κ2) is 8.64. The van der Waals surface area contributed by atoms with E-state index in [0.29, 0.717) is 29.8 Å². The standard InChI is InChI=1S/C22H25N3O2/c1-4-7-17-12-16(10-11-20(17)27-15(2)3)13-23-14-21-24-19-9-6-5-8-18(19)22(26)25-21/h4-6,8-12,15,23H,1,7,13-14H2,2-3H3,(H,24,25,26). The summed E-state index contributed by atoms with van der Waals surface area (Å²) in [4.78, 5) is 19.5. The van der Waals surface area contributed by atoms with Gasteiger partial charge in [-0.1, -0.05) is 30.3 Å². The minimum Gasteiger partial charge on any atom is -0.491 e. The fourth-order valence-corrected chi connectivity index (χ4v) is 2.97. The Morgan fingerprint density at radius 3 is 2.81 bits per heavy atom. The summed E-state index contributed by atoms with van der Waals surface area (Å²) in [5.74, 6) is 1.53. The number of allylic oxidation sites excluding steroid dienone is 1. The van der Waals surface area contributed by atoms with Gasteiger partial charge in [0.05, 0.1) is 23.6 Å². The SMILES string of the molecule is C=CCc1cc(CNCc2nc3ccccc3c(=O)[nH]2)ccc1OC(C)C. The highest BCUT2D eigenvalue weighted by atomic mass is 16.5. The molecule has 0 saturated carbocycles. The molecule has 5 heteroatoms. The predicted octanol–water partition coefficient (Wildman–Crippen LogP) is 3.73. The Bertz CT molecular complexity index is 992. The molecule has 5 nitrogen and oxygen atoms in total. The quantitative estimate of drug-likeness (QED) is 0.599. The van der Waals surface area contributed by atoms with Gasteiger partial charge in [-0.25, -0.2) is 4.98 Å². The van der Waals surface area contributed by atoms with Crippen molar-refractivity contribution in [1.82, 2.24) is 15.3 Å². The Balaban J connectivity index is 1.69. The summed E-state index contributed by atoms with van der Waals surface area (Å²) in [5.41, 5.74) is 2.86. The van der Waals surface area contributed by atoms with Gasteiger partial charge in [0, 0.05) is 6.54 Å². The van der Waals surface area contributed by atoms with E-state index in [0.717, 1.165) is 23.3 Å². The lowest BCUT2D eigenvalue weighted by Gasteiger charge is -2.15. The summed E-state index contributed by atoms with van der Waals surface area (Å²) in [6.45, 7) is 9.02. The van der Waals surface area contributed by atoms with E-state index in [9.17, 15) is 4.79 Å². The van der Waals surface area contributed by atoms with Gasteiger partial charge in [0.1, 0.15) is 11.6 Å². The van der Waals surface area contributed by atoms with Crippen LogP contribution in [0.5, 0.6) is 5.75 Å². The van der Waals surface area contributed by atoms with Gasteiger partial charge in [0.15, 0.2) is 0 Å². The molecule has 0 saturated heterocycles. The maximum Gasteiger partial charge on any atom is 0.258 e. The lowest BCUT2D eigenvalue weighted by molar-refractivity contribution is 0.240. The van der Waals surface area contributed by atoms with Crippen molar-refractivity contribution in [2.45, 2.75) is 39.5 Å². The number of hydrogen-bond donors (Lipinski definition) is 2. The van der Waals surface area contributed by atoms with E-state index in [-0.39, 0.29) is 11.7 Å². The maximum absolute atomic E-state index is 12.1. The molecule has 27 heavy (non-hydrogen) atoms. The van der Waals surface area contributed by atoms with Crippen molar-refractivity contribution in [3.63, 3.8) is 0 Å². The first kappa shape index (κ1) is 18.9. The number of fused-ring (bicyclic) bond motifs is 1. The molecule has 3 aromatic rings. The number of aromatic amines is 1. The van der Waals surface area contributed by atoms with Gasteiger partial charge < -0.3 is 15.0 Å². The zero-order valence-corrected chi connectivity index (χ0v) is 15.8. The summed E-state index contributed by atoms with van der Waals surface area (Å²) in [7, 11) is 0. The van der Waals surface area contributed by atoms with Gasteiger partial charge in [0.25, 0.3) is 5.56 Å². The largest absolute Gasteiger partial charge is 0.491 e. The van der Waals surface area contributed by atoms with Gasteiger partial charge >= 0.3 is 0 Å². The van der Waals surface area contributed by atoms with Crippen LogP contribution in [0.3, 0.4) is 0 Å². The zero-order valence-electron chi connectivity index (χ0n) is 15.8. The van der Waals surface area contributed by atoms with Crippen LogP contribution < -0.4 is 15.6 Å². The summed E-state index contributed by atoms with van der Waals surface area (Å²) >= 11 is 0. The molecule has 3 rings (SSSR count). The van der Waals surface area contributed by atoms with E-state index < -0.39 is 0 Å². The first-order valence-corrected chi connectivity index (χ1v) is 9.15. The van der Waals surface area contributed by atoms with Gasteiger partial charge in [-0.05, 0) is 49.6 Å². The second-order valence-corrected chi connectivity index (χ2v) is 6.73. The Morgan fingerprint density at radius 2 is 2.04 bits per heavy atom. The van der Waals surface area contributed by atoms with Crippen LogP contribution in [0.4, 0.5) is 0 Å². The van der Waals surface area contributed by atoms with Crippen LogP contribution in [-0.4, -0.2) is 16.1 Å². The monoisotopic (exact) mass is 363 g/mol. The third-order valence-electron chi connectivity index (χ3n) is 4.14. The van der Waals surface area contributed by atoms with Crippen molar-refractivity contribution in [2.75, 3.05) is 0 Å². The molecular weight excluding hydrogens is 338 g/mol. The molecule has 1 heterocycles. The number of aromatic nitrogens is 2. The lowest BCUT2D eigenvalue weighted by Crippen LogP contribution is -2.19.